The van der Waals surface area contributed by atoms with Crippen molar-refractivity contribution in [1.29, 1.82) is 0 Å². The second kappa shape index (κ2) is 5.94. The first-order valence-corrected chi connectivity index (χ1v) is 5.28. The van der Waals surface area contributed by atoms with Crippen LogP contribution in [-0.4, -0.2) is 30.1 Å². The second-order valence-electron chi connectivity index (χ2n) is 3.74. The average Bonchev–Trinajstić information content (AvgIpc) is 2.38. The van der Waals surface area contributed by atoms with Crippen molar-refractivity contribution in [3.05, 3.63) is 29.6 Å². The Labute approximate surface area is 108 Å². The number of anilines is 1. The largest absolute Gasteiger partial charge is 0.481 e. The third-order valence-corrected chi connectivity index (χ3v) is 2.40. The lowest BCUT2D eigenvalue weighted by atomic mass is 10.1. The Balaban J connectivity index is 2.94. The number of aliphatic carboxylic acids is 1. The summed E-state index contributed by atoms with van der Waals surface area (Å²) in [5.74, 6) is -5.00. The molecule has 1 atom stereocenters. The number of methoxy groups -OCH3 is 1. The number of carboxylic acids is 1. The summed E-state index contributed by atoms with van der Waals surface area (Å²) < 4.78 is 17.7. The monoisotopic (exact) mass is 269 g/mol. The van der Waals surface area contributed by atoms with E-state index in [9.17, 15) is 18.8 Å². The number of carboxylic acid groups (broad SMARTS) is 1. The molecule has 2 N–H and O–H groups in total. The molecule has 0 aliphatic rings. The van der Waals surface area contributed by atoms with Crippen LogP contribution in [0.15, 0.2) is 18.2 Å². The lowest BCUT2D eigenvalue weighted by molar-refractivity contribution is -0.144. The highest BCUT2D eigenvalue weighted by molar-refractivity contribution is 6.04. The molecule has 102 valence electrons. The SMILES string of the molecule is COC(=O)c1cc(NC(=O)C(C)C(=O)O)ccc1F. The van der Waals surface area contributed by atoms with E-state index in [2.05, 4.69) is 10.1 Å². The minimum absolute atomic E-state index is 0.111. The van der Waals surface area contributed by atoms with Crippen molar-refractivity contribution in [3.63, 3.8) is 0 Å². The molecule has 1 amide bonds. The van der Waals surface area contributed by atoms with Gasteiger partial charge in [-0.25, -0.2) is 9.18 Å². The lowest BCUT2D eigenvalue weighted by Gasteiger charge is -2.09. The summed E-state index contributed by atoms with van der Waals surface area (Å²) in [6.07, 6.45) is 0. The summed E-state index contributed by atoms with van der Waals surface area (Å²) in [4.78, 5) is 33.3. The van der Waals surface area contributed by atoms with Gasteiger partial charge in [0.2, 0.25) is 5.91 Å². The Kier molecular flexibility index (Phi) is 4.57. The number of hydrogen-bond acceptors (Lipinski definition) is 4. The molecule has 0 radical (unpaired) electrons. The number of benzene rings is 1. The third-order valence-electron chi connectivity index (χ3n) is 2.40. The van der Waals surface area contributed by atoms with Gasteiger partial charge in [0.05, 0.1) is 12.7 Å². The Morgan fingerprint density at radius 2 is 2.00 bits per heavy atom. The van der Waals surface area contributed by atoms with Crippen LogP contribution in [0.25, 0.3) is 0 Å². The normalized spacial score (nSPS) is 11.5. The van der Waals surface area contributed by atoms with E-state index < -0.39 is 29.6 Å². The Bertz CT molecular complexity index is 529. The van der Waals surface area contributed by atoms with E-state index >= 15 is 0 Å². The van der Waals surface area contributed by atoms with Gasteiger partial charge in [-0.3, -0.25) is 9.59 Å². The second-order valence-corrected chi connectivity index (χ2v) is 3.74. The lowest BCUT2D eigenvalue weighted by Crippen LogP contribution is -2.27. The smallest absolute Gasteiger partial charge is 0.340 e. The van der Waals surface area contributed by atoms with Crippen LogP contribution in [-0.2, 0) is 14.3 Å². The quantitative estimate of drug-likeness (QED) is 0.634. The van der Waals surface area contributed by atoms with E-state index in [4.69, 9.17) is 5.11 Å². The van der Waals surface area contributed by atoms with E-state index in [1.54, 1.807) is 0 Å². The van der Waals surface area contributed by atoms with Gasteiger partial charge in [0.25, 0.3) is 0 Å². The molecule has 0 fully saturated rings. The molecule has 7 heteroatoms. The van der Waals surface area contributed by atoms with E-state index in [1.807, 2.05) is 0 Å². The molecular formula is C12H12FNO5. The standard InChI is InChI=1S/C12H12FNO5/c1-6(11(16)17)10(15)14-7-3-4-9(13)8(5-7)12(18)19-2/h3-6H,1-2H3,(H,14,15)(H,16,17). The van der Waals surface area contributed by atoms with Crippen molar-refractivity contribution in [3.8, 4) is 0 Å². The highest BCUT2D eigenvalue weighted by Gasteiger charge is 2.21. The maximum atomic E-state index is 13.3. The van der Waals surface area contributed by atoms with Gasteiger partial charge in [-0.15, -0.1) is 0 Å². The number of halogens is 1. The number of amides is 1. The topological polar surface area (TPSA) is 92.7 Å². The van der Waals surface area contributed by atoms with Gasteiger partial charge in [-0.05, 0) is 25.1 Å². The molecule has 0 heterocycles. The van der Waals surface area contributed by atoms with Gasteiger partial charge < -0.3 is 15.2 Å². The molecule has 0 aliphatic heterocycles. The van der Waals surface area contributed by atoms with Crippen molar-refractivity contribution >= 4 is 23.5 Å². The molecular weight excluding hydrogens is 257 g/mol. The highest BCUT2D eigenvalue weighted by atomic mass is 19.1. The molecule has 0 saturated carbocycles. The average molecular weight is 269 g/mol. The van der Waals surface area contributed by atoms with Crippen molar-refractivity contribution in [2.75, 3.05) is 12.4 Å². The van der Waals surface area contributed by atoms with Gasteiger partial charge in [0, 0.05) is 5.69 Å². The molecule has 0 aliphatic carbocycles. The van der Waals surface area contributed by atoms with Crippen molar-refractivity contribution in [2.24, 2.45) is 5.92 Å². The van der Waals surface area contributed by atoms with Gasteiger partial charge in [0.15, 0.2) is 0 Å². The Morgan fingerprint density at radius 1 is 1.37 bits per heavy atom. The molecule has 1 aromatic rings. The zero-order valence-corrected chi connectivity index (χ0v) is 10.3. The van der Waals surface area contributed by atoms with Crippen LogP contribution < -0.4 is 5.32 Å². The first-order valence-electron chi connectivity index (χ1n) is 5.28. The molecule has 0 spiro atoms. The van der Waals surface area contributed by atoms with Gasteiger partial charge >= 0.3 is 11.9 Å². The van der Waals surface area contributed by atoms with Crippen LogP contribution in [0.5, 0.6) is 0 Å². The van der Waals surface area contributed by atoms with Crippen LogP contribution >= 0.6 is 0 Å². The van der Waals surface area contributed by atoms with Gasteiger partial charge in [-0.2, -0.15) is 0 Å². The van der Waals surface area contributed by atoms with Crippen LogP contribution in [0.2, 0.25) is 0 Å². The number of esters is 1. The summed E-state index contributed by atoms with van der Waals surface area (Å²) in [6.45, 7) is 1.21. The molecule has 1 rings (SSSR count). The first kappa shape index (κ1) is 14.6. The summed E-state index contributed by atoms with van der Waals surface area (Å²) in [5.41, 5.74) is -0.233. The highest BCUT2D eigenvalue weighted by Crippen LogP contribution is 2.16. The molecule has 19 heavy (non-hydrogen) atoms. The molecule has 1 unspecified atom stereocenters. The zero-order valence-electron chi connectivity index (χ0n) is 10.3. The van der Waals surface area contributed by atoms with E-state index in [1.165, 1.54) is 13.0 Å². The fourth-order valence-electron chi connectivity index (χ4n) is 1.23. The molecule has 0 saturated heterocycles. The zero-order chi connectivity index (χ0) is 14.6. The maximum absolute atomic E-state index is 13.3. The number of carbonyl (C=O) groups excluding carboxylic acids is 2. The summed E-state index contributed by atoms with van der Waals surface area (Å²) >= 11 is 0. The summed E-state index contributed by atoms with van der Waals surface area (Å²) in [7, 11) is 1.10. The van der Waals surface area contributed by atoms with Crippen LogP contribution in [0.1, 0.15) is 17.3 Å². The minimum Gasteiger partial charge on any atom is -0.481 e. The maximum Gasteiger partial charge on any atom is 0.340 e. The van der Waals surface area contributed by atoms with Crippen molar-refractivity contribution in [2.45, 2.75) is 6.92 Å². The molecule has 6 nitrogen and oxygen atoms in total. The van der Waals surface area contributed by atoms with Crippen LogP contribution in [0, 0.1) is 11.7 Å². The number of ether oxygens (including phenoxy) is 1. The van der Waals surface area contributed by atoms with Crippen molar-refractivity contribution < 1.29 is 28.6 Å². The Hall–Kier alpha value is -2.44. The summed E-state index contributed by atoms with van der Waals surface area (Å²) in [6, 6.07) is 3.27. The number of carbonyl (C=O) groups is 3. The fourth-order valence-corrected chi connectivity index (χ4v) is 1.23. The molecule has 0 bridgehead atoms. The number of hydrogen-bond donors (Lipinski definition) is 2. The molecule has 0 aromatic heterocycles. The van der Waals surface area contributed by atoms with Gasteiger partial charge in [-0.1, -0.05) is 0 Å². The predicted octanol–water partition coefficient (Wildman–Crippen LogP) is 1.27. The predicted molar refractivity (Wildman–Crippen MR) is 63.2 cm³/mol. The Morgan fingerprint density at radius 3 is 2.53 bits per heavy atom. The van der Waals surface area contributed by atoms with E-state index in [0.29, 0.717) is 0 Å². The van der Waals surface area contributed by atoms with Gasteiger partial charge in [0.1, 0.15) is 11.7 Å². The van der Waals surface area contributed by atoms with Crippen molar-refractivity contribution in [1.82, 2.24) is 0 Å². The fraction of sp³-hybridized carbons (Fsp3) is 0.250. The van der Waals surface area contributed by atoms with E-state index in [0.717, 1.165) is 19.2 Å². The number of nitrogens with one attached hydrogen (secondary N) is 1. The third kappa shape index (κ3) is 3.51. The van der Waals surface area contributed by atoms with E-state index in [-0.39, 0.29) is 11.3 Å². The van der Waals surface area contributed by atoms with Crippen LogP contribution in [0.4, 0.5) is 10.1 Å². The number of rotatable bonds is 4. The minimum atomic E-state index is -1.28. The first-order chi connectivity index (χ1) is 8.86. The van der Waals surface area contributed by atoms with Crippen LogP contribution in [0.3, 0.4) is 0 Å². The summed E-state index contributed by atoms with van der Waals surface area (Å²) in [5, 5.41) is 10.9. The molecule has 1 aromatic carbocycles.